The number of carbonyl (C=O) groups excluding carboxylic acids is 4. The number of hydrogen-bond donors (Lipinski definition) is 4. The molecule has 15 heteroatoms. The molecule has 1 aromatic heterocycles. The first kappa shape index (κ1) is 42.9. The van der Waals surface area contributed by atoms with E-state index in [0.717, 1.165) is 34.5 Å². The van der Waals surface area contributed by atoms with Crippen molar-refractivity contribution in [2.45, 2.75) is 85.0 Å². The second kappa shape index (κ2) is 17.4. The number of hydrogen-bond acceptors (Lipinski definition) is 9. The molecule has 0 bridgehead atoms. The molecule has 2 saturated heterocycles. The van der Waals surface area contributed by atoms with E-state index < -0.39 is 30.2 Å². The zero-order chi connectivity index (χ0) is 43.9. The van der Waals surface area contributed by atoms with Crippen molar-refractivity contribution in [2.24, 2.45) is 28.7 Å². The minimum atomic E-state index is -1.06. The SMILES string of the molecule is COC(=O)N[C@H](C(=O)N1C[C@@H](C)C[C@H]1C1=Nc2ccc(-c3ccc(-c4ccc5nc([C@@H]6C[C@H](C)CN6C(=O)[C@@H](NC(=O)OC)C(C)C)[nH]c5c4)c(C(=O)O)c3)cc2C1)C(C)C. The van der Waals surface area contributed by atoms with E-state index in [1.807, 2.05) is 81.1 Å². The molecule has 6 atom stereocenters. The smallest absolute Gasteiger partial charge is 0.407 e. The molecule has 61 heavy (non-hydrogen) atoms. The van der Waals surface area contributed by atoms with Crippen LogP contribution in [0.5, 0.6) is 0 Å². The highest BCUT2D eigenvalue weighted by molar-refractivity contribution is 6.02. The molecule has 0 unspecified atom stereocenters. The van der Waals surface area contributed by atoms with Crippen LogP contribution in [0.15, 0.2) is 59.6 Å². The molecule has 3 aromatic carbocycles. The zero-order valence-electron chi connectivity index (χ0n) is 35.9. The predicted molar refractivity (Wildman–Crippen MR) is 231 cm³/mol. The number of nitrogens with one attached hydrogen (secondary N) is 3. The molecule has 322 valence electrons. The van der Waals surface area contributed by atoms with Gasteiger partial charge in [0.1, 0.15) is 17.9 Å². The lowest BCUT2D eigenvalue weighted by Crippen LogP contribution is -2.53. The van der Waals surface area contributed by atoms with Gasteiger partial charge in [-0.25, -0.2) is 19.4 Å². The number of benzene rings is 3. The van der Waals surface area contributed by atoms with Crippen molar-refractivity contribution >= 4 is 52.4 Å². The molecule has 4 amide bonds. The number of likely N-dealkylation sites (tertiary alicyclic amines) is 2. The molecule has 7 rings (SSSR count). The van der Waals surface area contributed by atoms with Gasteiger partial charge in [0.2, 0.25) is 11.8 Å². The number of aromatic carboxylic acids is 1. The zero-order valence-corrected chi connectivity index (χ0v) is 35.9. The number of aromatic nitrogens is 2. The Kier molecular flexibility index (Phi) is 12.2. The number of ether oxygens (including phenoxy) is 2. The third-order valence-electron chi connectivity index (χ3n) is 12.2. The van der Waals surface area contributed by atoms with Crippen LogP contribution in [0, 0.1) is 23.7 Å². The lowest BCUT2D eigenvalue weighted by Gasteiger charge is -2.31. The summed E-state index contributed by atoms with van der Waals surface area (Å²) in [6, 6.07) is 14.9. The second-order valence-corrected chi connectivity index (χ2v) is 17.5. The molecule has 15 nitrogen and oxygen atoms in total. The second-order valence-electron chi connectivity index (χ2n) is 17.5. The van der Waals surface area contributed by atoms with Crippen LogP contribution in [0.25, 0.3) is 33.3 Å². The van der Waals surface area contributed by atoms with Gasteiger partial charge in [0.15, 0.2) is 0 Å². The molecular weight excluding hydrogens is 779 g/mol. The first-order valence-electron chi connectivity index (χ1n) is 20.9. The molecule has 0 aliphatic carbocycles. The Hall–Kier alpha value is -6.25. The fraction of sp³-hybridized carbons (Fsp3) is 0.457. The van der Waals surface area contributed by atoms with E-state index in [4.69, 9.17) is 19.5 Å². The van der Waals surface area contributed by atoms with Gasteiger partial charge in [0, 0.05) is 25.2 Å². The average molecular weight is 834 g/mol. The van der Waals surface area contributed by atoms with Crippen LogP contribution >= 0.6 is 0 Å². The van der Waals surface area contributed by atoms with Crippen molar-refractivity contribution in [3.05, 3.63) is 71.5 Å². The first-order valence-corrected chi connectivity index (χ1v) is 20.9. The average Bonchev–Trinajstić information content (AvgIpc) is 4.04. The summed E-state index contributed by atoms with van der Waals surface area (Å²) < 4.78 is 9.58. The van der Waals surface area contributed by atoms with Gasteiger partial charge >= 0.3 is 18.2 Å². The Labute approximate surface area is 355 Å². The fourth-order valence-electron chi connectivity index (χ4n) is 9.01. The highest BCUT2D eigenvalue weighted by atomic mass is 16.5. The van der Waals surface area contributed by atoms with E-state index in [-0.39, 0.29) is 53.1 Å². The number of carbonyl (C=O) groups is 5. The van der Waals surface area contributed by atoms with Gasteiger partial charge in [-0.15, -0.1) is 0 Å². The molecule has 0 spiro atoms. The normalized spacial score (nSPS) is 20.7. The van der Waals surface area contributed by atoms with Gasteiger partial charge in [-0.2, -0.15) is 0 Å². The molecular formula is C46H55N7O8. The maximum Gasteiger partial charge on any atom is 0.407 e. The van der Waals surface area contributed by atoms with Crippen molar-refractivity contribution in [1.82, 2.24) is 30.4 Å². The maximum absolute atomic E-state index is 13.8. The first-order chi connectivity index (χ1) is 29.1. The molecule has 4 heterocycles. The number of H-pyrrole nitrogens is 1. The number of amides is 4. The van der Waals surface area contributed by atoms with Gasteiger partial charge in [0.05, 0.1) is 48.6 Å². The molecule has 2 fully saturated rings. The van der Waals surface area contributed by atoms with E-state index in [1.165, 1.54) is 14.2 Å². The van der Waals surface area contributed by atoms with E-state index in [9.17, 15) is 29.1 Å². The van der Waals surface area contributed by atoms with E-state index in [1.54, 1.807) is 11.0 Å². The van der Waals surface area contributed by atoms with Crippen molar-refractivity contribution < 1.29 is 38.6 Å². The Balaban J connectivity index is 1.11. The number of carboxylic acid groups (broad SMARTS) is 1. The number of methoxy groups -OCH3 is 2. The number of aliphatic imine (C=N–C) groups is 1. The Morgan fingerprint density at radius 3 is 1.90 bits per heavy atom. The quantitative estimate of drug-likeness (QED) is 0.122. The third-order valence-corrected chi connectivity index (χ3v) is 12.2. The van der Waals surface area contributed by atoms with Gasteiger partial charge in [-0.1, -0.05) is 65.8 Å². The molecule has 0 saturated carbocycles. The van der Waals surface area contributed by atoms with Crippen molar-refractivity contribution in [3.63, 3.8) is 0 Å². The number of rotatable bonds is 11. The molecule has 3 aliphatic heterocycles. The monoisotopic (exact) mass is 833 g/mol. The molecule has 0 radical (unpaired) electrons. The van der Waals surface area contributed by atoms with Crippen LogP contribution in [0.2, 0.25) is 0 Å². The summed E-state index contributed by atoms with van der Waals surface area (Å²) in [6.45, 7) is 12.8. The van der Waals surface area contributed by atoms with Crippen molar-refractivity contribution in [1.29, 1.82) is 0 Å². The van der Waals surface area contributed by atoms with Crippen molar-refractivity contribution in [3.8, 4) is 22.3 Å². The summed E-state index contributed by atoms with van der Waals surface area (Å²) in [4.78, 5) is 81.6. The largest absolute Gasteiger partial charge is 0.478 e. The van der Waals surface area contributed by atoms with E-state index in [0.29, 0.717) is 53.9 Å². The summed E-state index contributed by atoms with van der Waals surface area (Å²) in [5.41, 5.74) is 7.06. The van der Waals surface area contributed by atoms with Gasteiger partial charge < -0.3 is 40.0 Å². The van der Waals surface area contributed by atoms with Gasteiger partial charge in [-0.3, -0.25) is 14.6 Å². The minimum Gasteiger partial charge on any atom is -0.478 e. The number of imidazole rings is 1. The Morgan fingerprint density at radius 1 is 0.754 bits per heavy atom. The van der Waals surface area contributed by atoms with E-state index >= 15 is 0 Å². The predicted octanol–water partition coefficient (Wildman–Crippen LogP) is 7.13. The van der Waals surface area contributed by atoms with Crippen LogP contribution in [-0.4, -0.2) is 106 Å². The standard InChI is InChI=1S/C46H55N7O8/c1-23(2)39(50-45(58)60-7)42(54)52-21-25(5)15-37(52)36-20-30-17-27(10-13-33(30)47-36)28-9-12-31(32(18-28)44(56)57)29-11-14-34-35(19-29)49-41(48-34)38-16-26(6)22-53(38)43(55)40(24(3)4)51-46(59)61-8/h9-14,17-19,23-26,37-40H,15-16,20-22H2,1-8H3,(H,48,49)(H,50,58)(H,51,59)(H,56,57)/t25-,26-,37-,38-,39-,40-/m0/s1. The molecule has 3 aliphatic rings. The number of carboxylic acids is 1. The summed E-state index contributed by atoms with van der Waals surface area (Å²) in [7, 11) is 2.55. The van der Waals surface area contributed by atoms with Crippen LogP contribution in [0.4, 0.5) is 15.3 Å². The number of fused-ring (bicyclic) bond motifs is 2. The molecule has 4 aromatic rings. The van der Waals surface area contributed by atoms with E-state index in [2.05, 4.69) is 29.5 Å². The summed E-state index contributed by atoms with van der Waals surface area (Å²) in [5, 5.41) is 15.9. The van der Waals surface area contributed by atoms with Crippen molar-refractivity contribution in [2.75, 3.05) is 27.3 Å². The van der Waals surface area contributed by atoms with Gasteiger partial charge in [0.25, 0.3) is 0 Å². The lowest BCUT2D eigenvalue weighted by molar-refractivity contribution is -0.136. The van der Waals surface area contributed by atoms with Crippen LogP contribution in [0.1, 0.15) is 82.2 Å². The summed E-state index contributed by atoms with van der Waals surface area (Å²) >= 11 is 0. The Bertz CT molecular complexity index is 2410. The molecule has 4 N–H and O–H groups in total. The minimum absolute atomic E-state index is 0.141. The maximum atomic E-state index is 13.8. The highest BCUT2D eigenvalue weighted by Crippen LogP contribution is 2.39. The summed E-state index contributed by atoms with van der Waals surface area (Å²) in [5.74, 6) is -0.649. The lowest BCUT2D eigenvalue weighted by atomic mass is 9.93. The van der Waals surface area contributed by atoms with Crippen LogP contribution in [-0.2, 0) is 25.5 Å². The highest BCUT2D eigenvalue weighted by Gasteiger charge is 2.42. The topological polar surface area (TPSA) is 196 Å². The Morgan fingerprint density at radius 2 is 1.31 bits per heavy atom. The van der Waals surface area contributed by atoms with Crippen LogP contribution in [0.3, 0.4) is 0 Å². The number of alkyl carbamates (subject to hydrolysis) is 2. The number of aromatic amines is 1. The van der Waals surface area contributed by atoms with Gasteiger partial charge in [-0.05, 0) is 94.7 Å². The fourth-order valence-corrected chi connectivity index (χ4v) is 9.01. The third kappa shape index (κ3) is 8.68. The summed E-state index contributed by atoms with van der Waals surface area (Å²) in [6.07, 6.45) is 0.685. The van der Waals surface area contributed by atoms with Crippen LogP contribution < -0.4 is 10.6 Å². The number of nitrogens with zero attached hydrogens (tertiary/aromatic N) is 4.